The van der Waals surface area contributed by atoms with Crippen LogP contribution in [0.25, 0.3) is 0 Å². The van der Waals surface area contributed by atoms with Crippen LogP contribution in [0.4, 0.5) is 0 Å². The molecule has 0 spiro atoms. The van der Waals surface area contributed by atoms with Gasteiger partial charge in [0.1, 0.15) is 5.75 Å². The Kier molecular flexibility index (Phi) is 3.83. The van der Waals surface area contributed by atoms with Gasteiger partial charge in [0.2, 0.25) is 0 Å². The van der Waals surface area contributed by atoms with Gasteiger partial charge in [-0.2, -0.15) is 0 Å². The second-order valence-electron chi connectivity index (χ2n) is 4.56. The van der Waals surface area contributed by atoms with Crippen molar-refractivity contribution in [3.8, 4) is 5.75 Å². The molecule has 1 aliphatic carbocycles. The third-order valence-electron chi connectivity index (χ3n) is 3.43. The molecule has 2 nitrogen and oxygen atoms in total. The minimum absolute atomic E-state index is 0.795. The highest BCUT2D eigenvalue weighted by Crippen LogP contribution is 2.32. The Balaban J connectivity index is 1.69. The average molecular weight is 219 g/mol. The lowest BCUT2D eigenvalue weighted by Crippen LogP contribution is -2.21. The van der Waals surface area contributed by atoms with Crippen LogP contribution in [0.3, 0.4) is 0 Å². The van der Waals surface area contributed by atoms with E-state index in [1.165, 1.54) is 18.4 Å². The maximum absolute atomic E-state index is 5.13. The fraction of sp³-hybridized carbons (Fsp3) is 0.571. The normalized spacial score (nSPS) is 23.1. The topological polar surface area (TPSA) is 21.3 Å². The van der Waals surface area contributed by atoms with Gasteiger partial charge < -0.3 is 10.1 Å². The Morgan fingerprint density at radius 3 is 2.62 bits per heavy atom. The monoisotopic (exact) mass is 219 g/mol. The molecule has 1 aromatic carbocycles. The van der Waals surface area contributed by atoms with Gasteiger partial charge in [0.15, 0.2) is 0 Å². The Labute approximate surface area is 98.0 Å². The molecule has 1 fully saturated rings. The first-order valence-corrected chi connectivity index (χ1v) is 6.19. The minimum atomic E-state index is 0.795. The van der Waals surface area contributed by atoms with Crippen LogP contribution in [0, 0.1) is 5.92 Å². The van der Waals surface area contributed by atoms with Crippen LogP contribution in [-0.2, 0) is 6.42 Å². The summed E-state index contributed by atoms with van der Waals surface area (Å²) in [4.78, 5) is 0. The van der Waals surface area contributed by atoms with E-state index in [0.717, 1.165) is 30.7 Å². The van der Waals surface area contributed by atoms with E-state index in [1.807, 2.05) is 12.1 Å². The number of hydrogen-bond donors (Lipinski definition) is 1. The summed E-state index contributed by atoms with van der Waals surface area (Å²) in [6, 6.07) is 9.14. The zero-order chi connectivity index (χ0) is 11.4. The molecule has 1 N–H and O–H groups in total. The van der Waals surface area contributed by atoms with Gasteiger partial charge in [0, 0.05) is 6.04 Å². The van der Waals surface area contributed by atoms with Crippen LogP contribution in [0.5, 0.6) is 5.75 Å². The van der Waals surface area contributed by atoms with Crippen molar-refractivity contribution in [1.82, 2.24) is 5.32 Å². The summed E-state index contributed by atoms with van der Waals surface area (Å²) in [6.07, 6.45) is 3.80. The number of benzene rings is 1. The predicted molar refractivity (Wildman–Crippen MR) is 66.9 cm³/mol. The molecule has 0 heterocycles. The molecule has 1 saturated carbocycles. The zero-order valence-electron chi connectivity index (χ0n) is 10.2. The molecule has 0 amide bonds. The van der Waals surface area contributed by atoms with E-state index in [0.29, 0.717) is 0 Å². The molecule has 0 aromatic heterocycles. The van der Waals surface area contributed by atoms with Crippen molar-refractivity contribution in [1.29, 1.82) is 0 Å². The number of methoxy groups -OCH3 is 1. The summed E-state index contributed by atoms with van der Waals surface area (Å²) in [6.45, 7) is 3.36. The van der Waals surface area contributed by atoms with E-state index in [2.05, 4.69) is 24.4 Å². The van der Waals surface area contributed by atoms with Crippen LogP contribution >= 0.6 is 0 Å². The van der Waals surface area contributed by atoms with Crippen molar-refractivity contribution in [3.63, 3.8) is 0 Å². The van der Waals surface area contributed by atoms with Gasteiger partial charge in [-0.1, -0.05) is 25.5 Å². The summed E-state index contributed by atoms with van der Waals surface area (Å²) in [5.74, 6) is 1.88. The highest BCUT2D eigenvalue weighted by atomic mass is 16.5. The molecular formula is C14H21NO. The second kappa shape index (κ2) is 5.35. The Hall–Kier alpha value is -1.02. The molecular weight excluding hydrogens is 198 g/mol. The average Bonchev–Trinajstić information content (AvgIpc) is 3.09. The quantitative estimate of drug-likeness (QED) is 0.794. The van der Waals surface area contributed by atoms with Gasteiger partial charge in [-0.05, 0) is 43.0 Å². The van der Waals surface area contributed by atoms with Crippen molar-refractivity contribution in [2.45, 2.75) is 32.2 Å². The fourth-order valence-corrected chi connectivity index (χ4v) is 2.14. The molecule has 0 aliphatic heterocycles. The van der Waals surface area contributed by atoms with E-state index in [-0.39, 0.29) is 0 Å². The van der Waals surface area contributed by atoms with Gasteiger partial charge in [-0.15, -0.1) is 0 Å². The summed E-state index contributed by atoms with van der Waals surface area (Å²) in [5, 5.41) is 3.60. The third-order valence-corrected chi connectivity index (χ3v) is 3.43. The SMILES string of the molecule is CCC1CC1NCCc1ccc(OC)cc1. The summed E-state index contributed by atoms with van der Waals surface area (Å²) in [7, 11) is 1.70. The second-order valence-corrected chi connectivity index (χ2v) is 4.56. The smallest absolute Gasteiger partial charge is 0.118 e. The Morgan fingerprint density at radius 1 is 1.31 bits per heavy atom. The van der Waals surface area contributed by atoms with Crippen LogP contribution in [0.2, 0.25) is 0 Å². The van der Waals surface area contributed by atoms with E-state index in [9.17, 15) is 0 Å². The van der Waals surface area contributed by atoms with Gasteiger partial charge in [0.25, 0.3) is 0 Å². The van der Waals surface area contributed by atoms with Crippen molar-refractivity contribution < 1.29 is 4.74 Å². The van der Waals surface area contributed by atoms with Gasteiger partial charge in [-0.25, -0.2) is 0 Å². The zero-order valence-corrected chi connectivity index (χ0v) is 10.2. The molecule has 2 unspecified atom stereocenters. The maximum Gasteiger partial charge on any atom is 0.118 e. The van der Waals surface area contributed by atoms with Crippen LogP contribution < -0.4 is 10.1 Å². The molecule has 2 rings (SSSR count). The standard InChI is InChI=1S/C14H21NO/c1-3-12-10-14(12)15-9-8-11-4-6-13(16-2)7-5-11/h4-7,12,14-15H,3,8-10H2,1-2H3. The molecule has 2 heteroatoms. The molecule has 0 saturated heterocycles. The van der Waals surface area contributed by atoms with Crippen molar-refractivity contribution in [2.75, 3.05) is 13.7 Å². The molecule has 1 aliphatic rings. The van der Waals surface area contributed by atoms with Gasteiger partial charge in [0.05, 0.1) is 7.11 Å². The first-order chi connectivity index (χ1) is 7.83. The first kappa shape index (κ1) is 11.5. The summed E-state index contributed by atoms with van der Waals surface area (Å²) in [5.41, 5.74) is 1.38. The van der Waals surface area contributed by atoms with Gasteiger partial charge in [-0.3, -0.25) is 0 Å². The van der Waals surface area contributed by atoms with E-state index >= 15 is 0 Å². The Morgan fingerprint density at radius 2 is 2.06 bits per heavy atom. The largest absolute Gasteiger partial charge is 0.497 e. The molecule has 0 bridgehead atoms. The number of ether oxygens (including phenoxy) is 1. The molecule has 16 heavy (non-hydrogen) atoms. The lowest BCUT2D eigenvalue weighted by atomic mass is 10.1. The lowest BCUT2D eigenvalue weighted by Gasteiger charge is -2.05. The summed E-state index contributed by atoms with van der Waals surface area (Å²) >= 11 is 0. The maximum atomic E-state index is 5.13. The third kappa shape index (κ3) is 2.99. The molecule has 88 valence electrons. The number of rotatable bonds is 6. The highest BCUT2D eigenvalue weighted by molar-refractivity contribution is 5.27. The fourth-order valence-electron chi connectivity index (χ4n) is 2.14. The first-order valence-electron chi connectivity index (χ1n) is 6.19. The van der Waals surface area contributed by atoms with E-state index < -0.39 is 0 Å². The van der Waals surface area contributed by atoms with Crippen LogP contribution in [0.1, 0.15) is 25.3 Å². The summed E-state index contributed by atoms with van der Waals surface area (Å²) < 4.78 is 5.13. The predicted octanol–water partition coefficient (Wildman–Crippen LogP) is 2.63. The number of hydrogen-bond acceptors (Lipinski definition) is 2. The Bertz CT molecular complexity index is 320. The van der Waals surface area contributed by atoms with Gasteiger partial charge >= 0.3 is 0 Å². The lowest BCUT2D eigenvalue weighted by molar-refractivity contribution is 0.414. The van der Waals surface area contributed by atoms with Crippen molar-refractivity contribution in [2.24, 2.45) is 5.92 Å². The minimum Gasteiger partial charge on any atom is -0.497 e. The highest BCUT2D eigenvalue weighted by Gasteiger charge is 2.34. The molecule has 2 atom stereocenters. The van der Waals surface area contributed by atoms with Crippen LogP contribution in [-0.4, -0.2) is 19.7 Å². The van der Waals surface area contributed by atoms with E-state index in [4.69, 9.17) is 4.74 Å². The van der Waals surface area contributed by atoms with Crippen molar-refractivity contribution in [3.05, 3.63) is 29.8 Å². The number of nitrogens with one attached hydrogen (secondary N) is 1. The molecule has 0 radical (unpaired) electrons. The molecule has 1 aromatic rings. The van der Waals surface area contributed by atoms with Crippen molar-refractivity contribution >= 4 is 0 Å². The van der Waals surface area contributed by atoms with E-state index in [1.54, 1.807) is 7.11 Å². The van der Waals surface area contributed by atoms with Crippen LogP contribution in [0.15, 0.2) is 24.3 Å².